The molecule has 2 aromatic carbocycles. The fraction of sp³-hybridized carbons (Fsp3) is 0.292. The smallest absolute Gasteiger partial charge is 0.294 e. The van der Waals surface area contributed by atoms with E-state index in [1.54, 1.807) is 12.3 Å². The zero-order valence-electron chi connectivity index (χ0n) is 19.0. The Morgan fingerprint density at radius 3 is 2.38 bits per heavy atom. The van der Waals surface area contributed by atoms with Crippen molar-refractivity contribution in [2.75, 3.05) is 17.6 Å². The molecule has 2 aromatic rings. The number of nitrogens with zero attached hydrogens (tertiary/aromatic N) is 1. The maximum atomic E-state index is 11.7. The fourth-order valence-corrected chi connectivity index (χ4v) is 5.05. The van der Waals surface area contributed by atoms with E-state index in [1.165, 1.54) is 12.1 Å². The first-order chi connectivity index (χ1) is 15.9. The van der Waals surface area contributed by atoms with Gasteiger partial charge in [-0.2, -0.15) is 13.0 Å². The molecule has 0 amide bonds. The molecule has 0 saturated heterocycles. The lowest BCUT2D eigenvalue weighted by Gasteiger charge is -2.15. The van der Waals surface area contributed by atoms with Crippen molar-refractivity contribution >= 4 is 37.3 Å². The topological polar surface area (TPSA) is 127 Å². The molecule has 182 valence electrons. The molecule has 1 aliphatic rings. The highest BCUT2D eigenvalue weighted by atomic mass is 32.2. The summed E-state index contributed by atoms with van der Waals surface area (Å²) < 4.78 is 67.7. The minimum Gasteiger partial charge on any atom is -0.748 e. The maximum Gasteiger partial charge on any atom is 0.294 e. The summed E-state index contributed by atoms with van der Waals surface area (Å²) in [6, 6.07) is 14.1. The Balaban J connectivity index is 1.89. The average molecular weight is 505 g/mol. The molecule has 0 unspecified atom stereocenters. The van der Waals surface area contributed by atoms with Gasteiger partial charge in [-0.3, -0.25) is 4.55 Å². The van der Waals surface area contributed by atoms with Crippen molar-refractivity contribution in [3.8, 4) is 0 Å². The van der Waals surface area contributed by atoms with Gasteiger partial charge in [-0.05, 0) is 50.6 Å². The Morgan fingerprint density at radius 2 is 1.74 bits per heavy atom. The minimum atomic E-state index is -4.36. The summed E-state index contributed by atoms with van der Waals surface area (Å²) >= 11 is 0. The van der Waals surface area contributed by atoms with Crippen molar-refractivity contribution < 1.29 is 30.5 Å². The Kier molecular flexibility index (Phi) is 7.77. The van der Waals surface area contributed by atoms with Crippen LogP contribution in [0.1, 0.15) is 32.3 Å². The van der Waals surface area contributed by atoms with Gasteiger partial charge in [0.2, 0.25) is 5.69 Å². The van der Waals surface area contributed by atoms with E-state index in [0.717, 1.165) is 22.6 Å². The van der Waals surface area contributed by atoms with Gasteiger partial charge < -0.3 is 9.87 Å². The lowest BCUT2D eigenvalue weighted by Crippen LogP contribution is -2.28. The number of para-hydroxylation sites is 1. The molecule has 0 bridgehead atoms. The highest BCUT2D eigenvalue weighted by Crippen LogP contribution is 2.41. The predicted molar refractivity (Wildman–Crippen MR) is 131 cm³/mol. The molecule has 0 spiro atoms. The number of hydrogen-bond acceptors (Lipinski definition) is 6. The third-order valence-corrected chi connectivity index (χ3v) is 7.31. The quantitative estimate of drug-likeness (QED) is 0.218. The van der Waals surface area contributed by atoms with Gasteiger partial charge in [-0.1, -0.05) is 24.3 Å². The molecule has 8 nitrogen and oxygen atoms in total. The number of rotatable bonds is 10. The Hall–Kier alpha value is -2.79. The van der Waals surface area contributed by atoms with Crippen LogP contribution in [-0.2, 0) is 25.7 Å². The normalized spacial score (nSPS) is 15.9. The van der Waals surface area contributed by atoms with Gasteiger partial charge in [0.1, 0.15) is 6.54 Å². The van der Waals surface area contributed by atoms with Crippen LogP contribution in [0.5, 0.6) is 0 Å². The summed E-state index contributed by atoms with van der Waals surface area (Å²) in [5, 5.41) is 3.16. The predicted octanol–water partition coefficient (Wildman–Crippen LogP) is 3.82. The average Bonchev–Trinajstić information content (AvgIpc) is 2.96. The van der Waals surface area contributed by atoms with E-state index >= 15 is 0 Å². The highest BCUT2D eigenvalue weighted by molar-refractivity contribution is 7.86. The van der Waals surface area contributed by atoms with Gasteiger partial charge in [0.15, 0.2) is 5.71 Å². The molecule has 3 rings (SSSR count). The molecule has 2 N–H and O–H groups in total. The SMILES string of the molecule is CC1(C)C(/C=C/C=C/Nc2ccccc2)=[N+](CCCCS(=O)(=O)[O-])c2ccc(S(=O)(=O)O)cc21. The van der Waals surface area contributed by atoms with Gasteiger partial charge in [0, 0.05) is 41.8 Å². The number of unbranched alkanes of at least 4 members (excludes halogenated alkanes) is 1. The van der Waals surface area contributed by atoms with E-state index in [-0.39, 0.29) is 11.3 Å². The van der Waals surface area contributed by atoms with Gasteiger partial charge in [-0.25, -0.2) is 8.42 Å². The summed E-state index contributed by atoms with van der Waals surface area (Å²) in [4.78, 5) is -0.186. The Bertz CT molecular complexity index is 1340. The summed E-state index contributed by atoms with van der Waals surface area (Å²) in [7, 11) is -8.65. The van der Waals surface area contributed by atoms with E-state index in [0.29, 0.717) is 13.0 Å². The molecule has 0 atom stereocenters. The molecule has 0 aromatic heterocycles. The Morgan fingerprint density at radius 1 is 1.03 bits per heavy atom. The van der Waals surface area contributed by atoms with Crippen LogP contribution >= 0.6 is 0 Å². The fourth-order valence-electron chi connectivity index (χ4n) is 3.99. The number of nitrogens with one attached hydrogen (secondary N) is 1. The Labute approximate surface area is 200 Å². The van der Waals surface area contributed by atoms with E-state index in [9.17, 15) is 25.9 Å². The van der Waals surface area contributed by atoms with Crippen LogP contribution in [0.2, 0.25) is 0 Å². The summed E-state index contributed by atoms with van der Waals surface area (Å²) in [6.07, 6.45) is 8.09. The lowest BCUT2D eigenvalue weighted by molar-refractivity contribution is -0.438. The molecule has 1 aliphatic heterocycles. The van der Waals surface area contributed by atoms with E-state index in [4.69, 9.17) is 0 Å². The molecule has 0 fully saturated rings. The number of anilines is 1. The molecule has 10 heteroatoms. The standard InChI is InChI=1S/C24H28N2O6S2/c1-24(2)21-18-20(34(30,31)32)13-14-22(21)26(16-8-9-17-33(27,28)29)23(24)12-6-7-15-25-19-10-4-3-5-11-19/h3-7,10-15,18H,8-9,16-17H2,1-2H3,(H2,27,28,29,30,31,32). The molecule has 0 aliphatic carbocycles. The molecular formula is C24H28N2O6S2. The van der Waals surface area contributed by atoms with Crippen molar-refractivity contribution in [3.05, 3.63) is 78.5 Å². The van der Waals surface area contributed by atoms with Crippen LogP contribution in [0, 0.1) is 0 Å². The first-order valence-electron chi connectivity index (χ1n) is 10.7. The third-order valence-electron chi connectivity index (χ3n) is 5.67. The van der Waals surface area contributed by atoms with Crippen molar-refractivity contribution in [2.24, 2.45) is 0 Å². The van der Waals surface area contributed by atoms with Crippen LogP contribution in [0.25, 0.3) is 0 Å². The van der Waals surface area contributed by atoms with Crippen molar-refractivity contribution in [1.29, 1.82) is 0 Å². The van der Waals surface area contributed by atoms with Crippen molar-refractivity contribution in [3.63, 3.8) is 0 Å². The number of allylic oxidation sites excluding steroid dienone is 3. The van der Waals surface area contributed by atoms with Crippen LogP contribution in [0.4, 0.5) is 11.4 Å². The largest absolute Gasteiger partial charge is 0.748 e. The minimum absolute atomic E-state index is 0.186. The first-order valence-corrected chi connectivity index (χ1v) is 13.8. The second-order valence-corrected chi connectivity index (χ2v) is 11.5. The van der Waals surface area contributed by atoms with Gasteiger partial charge >= 0.3 is 0 Å². The molecule has 34 heavy (non-hydrogen) atoms. The van der Waals surface area contributed by atoms with Gasteiger partial charge in [-0.15, -0.1) is 0 Å². The number of benzene rings is 2. The van der Waals surface area contributed by atoms with Crippen LogP contribution in [0.3, 0.4) is 0 Å². The van der Waals surface area contributed by atoms with Gasteiger partial charge in [0.05, 0.1) is 20.4 Å². The maximum absolute atomic E-state index is 11.7. The summed E-state index contributed by atoms with van der Waals surface area (Å²) in [5.74, 6) is -0.433. The van der Waals surface area contributed by atoms with Crippen LogP contribution < -0.4 is 5.32 Å². The van der Waals surface area contributed by atoms with Crippen molar-refractivity contribution in [2.45, 2.75) is 37.0 Å². The zero-order valence-corrected chi connectivity index (χ0v) is 20.6. The molecule has 1 heterocycles. The van der Waals surface area contributed by atoms with E-state index < -0.39 is 31.4 Å². The van der Waals surface area contributed by atoms with Crippen molar-refractivity contribution in [1.82, 2.24) is 0 Å². The summed E-state index contributed by atoms with van der Waals surface area (Å²) in [6.45, 7) is 4.35. The second kappa shape index (κ2) is 10.2. The van der Waals surface area contributed by atoms with Crippen LogP contribution in [0.15, 0.2) is 77.9 Å². The first kappa shape index (κ1) is 25.8. The highest BCUT2D eigenvalue weighted by Gasteiger charge is 2.44. The van der Waals surface area contributed by atoms with Crippen LogP contribution in [-0.4, -0.2) is 48.5 Å². The van der Waals surface area contributed by atoms with E-state index in [1.807, 2.05) is 67.0 Å². The number of fused-ring (bicyclic) bond motifs is 1. The third kappa shape index (κ3) is 6.41. The second-order valence-electron chi connectivity index (χ2n) is 8.51. The summed E-state index contributed by atoms with van der Waals surface area (Å²) in [5.41, 5.74) is 2.74. The van der Waals surface area contributed by atoms with Gasteiger partial charge in [0.25, 0.3) is 10.1 Å². The molecule has 0 radical (unpaired) electrons. The monoisotopic (exact) mass is 504 g/mol. The molecular weight excluding hydrogens is 476 g/mol. The van der Waals surface area contributed by atoms with E-state index in [2.05, 4.69) is 5.32 Å². The zero-order chi connectivity index (χ0) is 25.0. The molecule has 0 saturated carbocycles. The lowest BCUT2D eigenvalue weighted by atomic mass is 9.81. The number of hydrogen-bond donors (Lipinski definition) is 2.